The molecule has 0 aromatic heterocycles. The first-order valence-corrected chi connectivity index (χ1v) is 11.7. The third kappa shape index (κ3) is 10.2. The molecule has 0 aromatic rings. The van der Waals surface area contributed by atoms with Gasteiger partial charge < -0.3 is 30.1 Å². The van der Waals surface area contributed by atoms with Gasteiger partial charge in [-0.15, -0.1) is 23.2 Å². The Morgan fingerprint density at radius 2 is 1.55 bits per heavy atom. The molecule has 2 unspecified atom stereocenters. The largest absolute Gasteiger partial charge is 0.480 e. The van der Waals surface area contributed by atoms with Crippen LogP contribution in [-0.2, 0) is 19.1 Å². The van der Waals surface area contributed by atoms with Crippen LogP contribution in [0.15, 0.2) is 0 Å². The Morgan fingerprint density at radius 3 is 2.06 bits per heavy atom. The molecule has 1 fully saturated rings. The van der Waals surface area contributed by atoms with E-state index in [4.69, 9.17) is 32.7 Å². The first kappa shape index (κ1) is 29.1. The SMILES string of the molecule is CC(C)(C)OC(=O)NCCCC[C@H](NC(=O)OC(C)(C)C)C(=O)N1CC(Cl)C(Cl)[C@H]1C(=O)O. The van der Waals surface area contributed by atoms with Crippen LogP contribution in [0.4, 0.5) is 9.59 Å². The lowest BCUT2D eigenvalue weighted by Gasteiger charge is -2.28. The molecule has 190 valence electrons. The number of ether oxygens (including phenoxy) is 2. The molecule has 4 atom stereocenters. The molecule has 0 spiro atoms. The number of hydrogen-bond acceptors (Lipinski definition) is 6. The third-order valence-corrected chi connectivity index (χ3v) is 5.55. The fourth-order valence-corrected chi connectivity index (χ4v) is 3.76. The van der Waals surface area contributed by atoms with Gasteiger partial charge in [0.25, 0.3) is 0 Å². The van der Waals surface area contributed by atoms with Crippen molar-refractivity contribution in [2.24, 2.45) is 0 Å². The zero-order chi connectivity index (χ0) is 25.6. The quantitative estimate of drug-likeness (QED) is 0.336. The first-order chi connectivity index (χ1) is 15.0. The Morgan fingerprint density at radius 1 is 1.00 bits per heavy atom. The van der Waals surface area contributed by atoms with Gasteiger partial charge in [0.15, 0.2) is 0 Å². The van der Waals surface area contributed by atoms with E-state index in [1.165, 1.54) is 0 Å². The molecular formula is C21H35Cl2N3O7. The van der Waals surface area contributed by atoms with E-state index in [0.29, 0.717) is 19.4 Å². The number of carbonyl (C=O) groups is 4. The molecule has 0 saturated carbocycles. The number of rotatable bonds is 8. The van der Waals surface area contributed by atoms with Gasteiger partial charge in [0.05, 0.1) is 10.8 Å². The number of likely N-dealkylation sites (tertiary alicyclic amines) is 1. The van der Waals surface area contributed by atoms with Gasteiger partial charge in [0, 0.05) is 13.1 Å². The monoisotopic (exact) mass is 511 g/mol. The molecule has 1 aliphatic heterocycles. The first-order valence-electron chi connectivity index (χ1n) is 10.8. The normalized spacial score (nSPS) is 21.8. The zero-order valence-electron chi connectivity index (χ0n) is 19.9. The van der Waals surface area contributed by atoms with Gasteiger partial charge in [-0.05, 0) is 60.8 Å². The Balaban J connectivity index is 2.79. The van der Waals surface area contributed by atoms with Gasteiger partial charge in [0.1, 0.15) is 23.3 Å². The Bertz CT molecular complexity index is 722. The van der Waals surface area contributed by atoms with Crippen LogP contribution in [0, 0.1) is 0 Å². The summed E-state index contributed by atoms with van der Waals surface area (Å²) in [6.07, 6.45) is -0.218. The van der Waals surface area contributed by atoms with Crippen LogP contribution in [-0.4, -0.2) is 81.2 Å². The van der Waals surface area contributed by atoms with E-state index in [-0.39, 0.29) is 13.0 Å². The van der Waals surface area contributed by atoms with Crippen LogP contribution in [0.3, 0.4) is 0 Å². The molecule has 0 bridgehead atoms. The maximum Gasteiger partial charge on any atom is 0.408 e. The average molecular weight is 512 g/mol. The second kappa shape index (κ2) is 12.0. The third-order valence-electron chi connectivity index (χ3n) is 4.47. The number of nitrogens with one attached hydrogen (secondary N) is 2. The number of halogens is 2. The maximum atomic E-state index is 13.2. The second-order valence-corrected chi connectivity index (χ2v) is 10.9. The predicted molar refractivity (Wildman–Crippen MR) is 124 cm³/mol. The smallest absolute Gasteiger partial charge is 0.408 e. The summed E-state index contributed by atoms with van der Waals surface area (Å²) in [5, 5.41) is 13.0. The molecule has 0 radical (unpaired) electrons. The highest BCUT2D eigenvalue weighted by molar-refractivity contribution is 6.32. The number of amides is 3. The van der Waals surface area contributed by atoms with Gasteiger partial charge in [-0.1, -0.05) is 0 Å². The molecule has 1 rings (SSSR count). The molecule has 0 aromatic carbocycles. The van der Waals surface area contributed by atoms with Gasteiger partial charge in [-0.3, -0.25) is 4.79 Å². The molecule has 33 heavy (non-hydrogen) atoms. The minimum Gasteiger partial charge on any atom is -0.480 e. The summed E-state index contributed by atoms with van der Waals surface area (Å²) in [5.41, 5.74) is -1.40. The fraction of sp³-hybridized carbons (Fsp3) is 0.810. The lowest BCUT2D eigenvalue weighted by molar-refractivity contribution is -0.148. The van der Waals surface area contributed by atoms with Crippen molar-refractivity contribution in [1.29, 1.82) is 0 Å². The van der Waals surface area contributed by atoms with Gasteiger partial charge in [0.2, 0.25) is 5.91 Å². The summed E-state index contributed by atoms with van der Waals surface area (Å²) < 4.78 is 10.4. The minimum atomic E-state index is -1.31. The summed E-state index contributed by atoms with van der Waals surface area (Å²) in [6.45, 7) is 10.6. The average Bonchev–Trinajstić information content (AvgIpc) is 2.91. The highest BCUT2D eigenvalue weighted by Gasteiger charge is 2.48. The number of alkyl carbamates (subject to hydrolysis) is 2. The molecular weight excluding hydrogens is 477 g/mol. The molecule has 0 aliphatic carbocycles. The van der Waals surface area contributed by atoms with E-state index in [2.05, 4.69) is 10.6 Å². The maximum absolute atomic E-state index is 13.2. The highest BCUT2D eigenvalue weighted by atomic mass is 35.5. The van der Waals surface area contributed by atoms with Crippen molar-refractivity contribution in [3.05, 3.63) is 0 Å². The van der Waals surface area contributed by atoms with E-state index in [1.807, 2.05) is 0 Å². The van der Waals surface area contributed by atoms with Crippen molar-refractivity contribution >= 4 is 47.3 Å². The molecule has 3 N–H and O–H groups in total. The summed E-state index contributed by atoms with van der Waals surface area (Å²) in [4.78, 5) is 49.9. The number of carbonyl (C=O) groups excluding carboxylic acids is 3. The number of aliphatic carboxylic acids is 1. The number of hydrogen-bond donors (Lipinski definition) is 3. The van der Waals surface area contributed by atoms with Crippen molar-refractivity contribution < 1.29 is 33.8 Å². The Labute approximate surface area is 204 Å². The summed E-state index contributed by atoms with van der Waals surface area (Å²) in [7, 11) is 0. The summed E-state index contributed by atoms with van der Waals surface area (Å²) in [5.74, 6) is -1.88. The number of unbranched alkanes of at least 4 members (excludes halogenated alkanes) is 1. The van der Waals surface area contributed by atoms with E-state index >= 15 is 0 Å². The van der Waals surface area contributed by atoms with Gasteiger partial charge in [-0.2, -0.15) is 0 Å². The van der Waals surface area contributed by atoms with Crippen molar-refractivity contribution in [1.82, 2.24) is 15.5 Å². The van der Waals surface area contributed by atoms with Gasteiger partial charge in [-0.25, -0.2) is 14.4 Å². The molecule has 1 heterocycles. The highest BCUT2D eigenvalue weighted by Crippen LogP contribution is 2.29. The van der Waals surface area contributed by atoms with Crippen LogP contribution in [0.2, 0.25) is 0 Å². The fourth-order valence-electron chi connectivity index (χ4n) is 3.15. The molecule has 1 saturated heterocycles. The second-order valence-electron chi connectivity index (χ2n) is 9.86. The van der Waals surface area contributed by atoms with Crippen molar-refractivity contribution in [2.45, 2.75) is 94.8 Å². The molecule has 3 amide bonds. The predicted octanol–water partition coefficient (Wildman–Crippen LogP) is 3.08. The Hall–Kier alpha value is -1.94. The number of carboxylic acid groups (broad SMARTS) is 1. The van der Waals surface area contributed by atoms with E-state index in [0.717, 1.165) is 4.90 Å². The van der Waals surface area contributed by atoms with Crippen molar-refractivity contribution in [3.8, 4) is 0 Å². The number of nitrogens with zero attached hydrogens (tertiary/aromatic N) is 1. The topological polar surface area (TPSA) is 134 Å². The van der Waals surface area contributed by atoms with Crippen molar-refractivity contribution in [3.63, 3.8) is 0 Å². The lowest BCUT2D eigenvalue weighted by atomic mass is 10.1. The van der Waals surface area contributed by atoms with Crippen molar-refractivity contribution in [2.75, 3.05) is 13.1 Å². The number of alkyl halides is 2. The van der Waals surface area contributed by atoms with Crippen LogP contribution < -0.4 is 10.6 Å². The van der Waals surface area contributed by atoms with Crippen LogP contribution in [0.5, 0.6) is 0 Å². The minimum absolute atomic E-state index is 0.0573. The van der Waals surface area contributed by atoms with Crippen LogP contribution in [0.25, 0.3) is 0 Å². The van der Waals surface area contributed by atoms with Gasteiger partial charge >= 0.3 is 18.2 Å². The van der Waals surface area contributed by atoms with Crippen LogP contribution >= 0.6 is 23.2 Å². The van der Waals surface area contributed by atoms with Crippen LogP contribution in [0.1, 0.15) is 60.8 Å². The summed E-state index contributed by atoms with van der Waals surface area (Å²) in [6, 6.07) is -2.35. The molecule has 1 aliphatic rings. The van der Waals surface area contributed by atoms with E-state index < -0.39 is 58.1 Å². The Kier molecular flexibility index (Phi) is 10.5. The standard InChI is InChI=1S/C21H35Cl2N3O7/c1-20(2,3)32-18(30)24-10-8-7-9-13(25-19(31)33-21(4,5)6)16(27)26-11-12(22)14(23)15(26)17(28)29/h12-15H,7-11H2,1-6H3,(H,24,30)(H,25,31)(H,28,29)/t12?,13-,14?,15-/m0/s1. The zero-order valence-corrected chi connectivity index (χ0v) is 21.5. The van der Waals surface area contributed by atoms with E-state index in [9.17, 15) is 24.3 Å². The number of carboxylic acids is 1. The molecule has 10 nitrogen and oxygen atoms in total. The van der Waals surface area contributed by atoms with E-state index in [1.54, 1.807) is 41.5 Å². The summed E-state index contributed by atoms with van der Waals surface area (Å²) >= 11 is 12.2. The molecule has 12 heteroatoms. The lowest BCUT2D eigenvalue weighted by Crippen LogP contribution is -2.53.